The van der Waals surface area contributed by atoms with Gasteiger partial charge in [0.15, 0.2) is 0 Å². The van der Waals surface area contributed by atoms with Gasteiger partial charge in [-0.2, -0.15) is 5.26 Å². The van der Waals surface area contributed by atoms with Crippen LogP contribution in [0, 0.1) is 11.3 Å². The summed E-state index contributed by atoms with van der Waals surface area (Å²) in [5.41, 5.74) is 3.64. The minimum absolute atomic E-state index is 0.181. The Bertz CT molecular complexity index is 899. The van der Waals surface area contributed by atoms with Gasteiger partial charge in [0, 0.05) is 18.4 Å². The average molecular weight is 328 g/mol. The number of hydrogen-bond donors (Lipinski definition) is 2. The van der Waals surface area contributed by atoms with Crippen LogP contribution in [0.15, 0.2) is 73.1 Å². The lowest BCUT2D eigenvalue weighted by Gasteiger charge is -2.09. The molecule has 1 heterocycles. The van der Waals surface area contributed by atoms with Gasteiger partial charge in [-0.3, -0.25) is 9.78 Å². The van der Waals surface area contributed by atoms with Gasteiger partial charge in [0.1, 0.15) is 0 Å². The standard InChI is InChI=1S/C20H16N4O/c21-11-15-6-8-18(9-7-15)24-19-10-17(13-22-14-19)20(25)23-12-16-4-2-1-3-5-16/h1-10,13-14,24H,12H2,(H,23,25). The molecule has 2 aromatic carbocycles. The van der Waals surface area contributed by atoms with E-state index in [9.17, 15) is 4.79 Å². The van der Waals surface area contributed by atoms with Gasteiger partial charge in [-0.05, 0) is 35.9 Å². The summed E-state index contributed by atoms with van der Waals surface area (Å²) in [6, 6.07) is 20.6. The quantitative estimate of drug-likeness (QED) is 0.750. The first-order chi connectivity index (χ1) is 12.2. The fraction of sp³-hybridized carbons (Fsp3) is 0.0500. The van der Waals surface area contributed by atoms with Gasteiger partial charge in [0.2, 0.25) is 0 Å². The molecule has 0 saturated carbocycles. The van der Waals surface area contributed by atoms with E-state index in [-0.39, 0.29) is 5.91 Å². The van der Waals surface area contributed by atoms with Crippen molar-refractivity contribution in [3.8, 4) is 6.07 Å². The van der Waals surface area contributed by atoms with E-state index in [2.05, 4.69) is 21.7 Å². The number of nitrogens with zero attached hydrogens (tertiary/aromatic N) is 2. The number of nitriles is 1. The maximum absolute atomic E-state index is 12.3. The van der Waals surface area contributed by atoms with Crippen LogP contribution in [0.5, 0.6) is 0 Å². The molecule has 0 bridgehead atoms. The molecule has 5 heteroatoms. The first-order valence-electron chi connectivity index (χ1n) is 7.79. The highest BCUT2D eigenvalue weighted by molar-refractivity contribution is 5.94. The number of anilines is 2. The maximum atomic E-state index is 12.3. The van der Waals surface area contributed by atoms with Gasteiger partial charge in [-0.1, -0.05) is 30.3 Å². The highest BCUT2D eigenvalue weighted by Gasteiger charge is 2.07. The molecule has 0 fully saturated rings. The van der Waals surface area contributed by atoms with Crippen LogP contribution in [0.2, 0.25) is 0 Å². The molecule has 122 valence electrons. The minimum Gasteiger partial charge on any atom is -0.354 e. The summed E-state index contributed by atoms with van der Waals surface area (Å²) in [5, 5.41) is 14.9. The van der Waals surface area contributed by atoms with E-state index in [1.807, 2.05) is 30.3 Å². The summed E-state index contributed by atoms with van der Waals surface area (Å²) in [7, 11) is 0. The zero-order valence-corrected chi connectivity index (χ0v) is 13.4. The van der Waals surface area contributed by atoms with E-state index < -0.39 is 0 Å². The number of amides is 1. The number of benzene rings is 2. The van der Waals surface area contributed by atoms with Gasteiger partial charge in [0.05, 0.1) is 29.1 Å². The highest BCUT2D eigenvalue weighted by atomic mass is 16.1. The second-order valence-corrected chi connectivity index (χ2v) is 5.44. The number of rotatable bonds is 5. The van der Waals surface area contributed by atoms with Crippen molar-refractivity contribution in [1.82, 2.24) is 10.3 Å². The van der Waals surface area contributed by atoms with Gasteiger partial charge in [0.25, 0.3) is 5.91 Å². The maximum Gasteiger partial charge on any atom is 0.253 e. The van der Waals surface area contributed by atoms with E-state index in [1.165, 1.54) is 6.20 Å². The molecule has 3 aromatic rings. The van der Waals surface area contributed by atoms with Crippen molar-refractivity contribution >= 4 is 17.3 Å². The van der Waals surface area contributed by atoms with E-state index in [0.29, 0.717) is 23.4 Å². The van der Waals surface area contributed by atoms with Crippen LogP contribution in [-0.4, -0.2) is 10.9 Å². The lowest BCUT2D eigenvalue weighted by molar-refractivity contribution is 0.0950. The third kappa shape index (κ3) is 4.43. The molecule has 0 atom stereocenters. The largest absolute Gasteiger partial charge is 0.354 e. The van der Waals surface area contributed by atoms with Crippen LogP contribution < -0.4 is 10.6 Å². The Kier molecular flexibility index (Phi) is 5.03. The van der Waals surface area contributed by atoms with Crippen molar-refractivity contribution in [2.75, 3.05) is 5.32 Å². The number of hydrogen-bond acceptors (Lipinski definition) is 4. The summed E-state index contributed by atoms with van der Waals surface area (Å²) in [6.07, 6.45) is 3.18. The predicted molar refractivity (Wildman–Crippen MR) is 96.3 cm³/mol. The molecule has 0 saturated heterocycles. The van der Waals surface area contributed by atoms with Crippen molar-refractivity contribution in [3.63, 3.8) is 0 Å². The Morgan fingerprint density at radius 1 is 1.00 bits per heavy atom. The summed E-state index contributed by atoms with van der Waals surface area (Å²) in [6.45, 7) is 0.465. The van der Waals surface area contributed by atoms with Crippen molar-refractivity contribution in [2.24, 2.45) is 0 Å². The highest BCUT2D eigenvalue weighted by Crippen LogP contribution is 2.17. The SMILES string of the molecule is N#Cc1ccc(Nc2cncc(C(=O)NCc3ccccc3)c2)cc1. The molecular formula is C20H16N4O. The van der Waals surface area contributed by atoms with Crippen molar-refractivity contribution in [2.45, 2.75) is 6.54 Å². The minimum atomic E-state index is -0.181. The molecule has 0 aliphatic carbocycles. The van der Waals surface area contributed by atoms with Crippen LogP contribution >= 0.6 is 0 Å². The molecule has 3 rings (SSSR count). The Labute approximate surface area is 146 Å². The van der Waals surface area contributed by atoms with E-state index >= 15 is 0 Å². The third-order valence-corrected chi connectivity index (χ3v) is 3.60. The Morgan fingerprint density at radius 3 is 2.48 bits per heavy atom. The van der Waals surface area contributed by atoms with Gasteiger partial charge < -0.3 is 10.6 Å². The topological polar surface area (TPSA) is 77.8 Å². The molecule has 1 amide bonds. The molecule has 0 aliphatic rings. The average Bonchev–Trinajstić information content (AvgIpc) is 2.68. The van der Waals surface area contributed by atoms with E-state index in [1.54, 1.807) is 36.5 Å². The first-order valence-corrected chi connectivity index (χ1v) is 7.79. The predicted octanol–water partition coefficient (Wildman–Crippen LogP) is 3.63. The number of aromatic nitrogens is 1. The molecule has 2 N–H and O–H groups in total. The second-order valence-electron chi connectivity index (χ2n) is 5.44. The molecule has 0 radical (unpaired) electrons. The molecular weight excluding hydrogens is 312 g/mol. The lowest BCUT2D eigenvalue weighted by Crippen LogP contribution is -2.22. The summed E-state index contributed by atoms with van der Waals surface area (Å²) >= 11 is 0. The summed E-state index contributed by atoms with van der Waals surface area (Å²) in [5.74, 6) is -0.181. The van der Waals surface area contributed by atoms with Crippen molar-refractivity contribution in [1.29, 1.82) is 5.26 Å². The summed E-state index contributed by atoms with van der Waals surface area (Å²) < 4.78 is 0. The van der Waals surface area contributed by atoms with Gasteiger partial charge in [-0.15, -0.1) is 0 Å². The number of carbonyl (C=O) groups is 1. The fourth-order valence-electron chi connectivity index (χ4n) is 2.31. The normalized spacial score (nSPS) is 9.88. The first kappa shape index (κ1) is 16.2. The number of carbonyl (C=O) groups excluding carboxylic acids is 1. The Hall–Kier alpha value is -3.65. The Morgan fingerprint density at radius 2 is 1.76 bits per heavy atom. The van der Waals surface area contributed by atoms with Crippen LogP contribution in [0.3, 0.4) is 0 Å². The summed E-state index contributed by atoms with van der Waals surface area (Å²) in [4.78, 5) is 16.4. The zero-order chi connectivity index (χ0) is 17.5. The molecule has 1 aromatic heterocycles. The fourth-order valence-corrected chi connectivity index (χ4v) is 2.31. The number of pyridine rings is 1. The van der Waals surface area contributed by atoms with Gasteiger partial charge in [-0.25, -0.2) is 0 Å². The smallest absolute Gasteiger partial charge is 0.253 e. The zero-order valence-electron chi connectivity index (χ0n) is 13.4. The second kappa shape index (κ2) is 7.75. The molecule has 0 spiro atoms. The third-order valence-electron chi connectivity index (χ3n) is 3.60. The molecule has 0 aliphatic heterocycles. The van der Waals surface area contributed by atoms with Crippen LogP contribution in [0.25, 0.3) is 0 Å². The lowest BCUT2D eigenvalue weighted by atomic mass is 10.2. The van der Waals surface area contributed by atoms with E-state index in [4.69, 9.17) is 5.26 Å². The van der Waals surface area contributed by atoms with Crippen LogP contribution in [0.1, 0.15) is 21.5 Å². The van der Waals surface area contributed by atoms with Crippen molar-refractivity contribution < 1.29 is 4.79 Å². The Balaban J connectivity index is 1.66. The molecule has 0 unspecified atom stereocenters. The molecule has 5 nitrogen and oxygen atoms in total. The van der Waals surface area contributed by atoms with Crippen LogP contribution in [0.4, 0.5) is 11.4 Å². The van der Waals surface area contributed by atoms with Gasteiger partial charge >= 0.3 is 0 Å². The van der Waals surface area contributed by atoms with Crippen LogP contribution in [-0.2, 0) is 6.54 Å². The van der Waals surface area contributed by atoms with Crippen molar-refractivity contribution in [3.05, 3.63) is 89.7 Å². The van der Waals surface area contributed by atoms with E-state index in [0.717, 1.165) is 11.3 Å². The molecule has 25 heavy (non-hydrogen) atoms. The number of nitrogens with one attached hydrogen (secondary N) is 2. The monoisotopic (exact) mass is 328 g/mol.